The van der Waals surface area contributed by atoms with Crippen LogP contribution in [0.3, 0.4) is 0 Å². The number of rotatable bonds is 5. The maximum Gasteiger partial charge on any atom is 0.416 e. The first-order valence-corrected chi connectivity index (χ1v) is 7.91. The van der Waals surface area contributed by atoms with Crippen LogP contribution >= 0.6 is 15.9 Å². The fourth-order valence-corrected chi connectivity index (χ4v) is 2.60. The molecule has 0 aromatic heterocycles. The van der Waals surface area contributed by atoms with Gasteiger partial charge in [0, 0.05) is 16.5 Å². The number of halogens is 4. The summed E-state index contributed by atoms with van der Waals surface area (Å²) >= 11 is 3.27. The number of carbonyl (C=O) groups excluding carboxylic acids is 1. The van der Waals surface area contributed by atoms with Crippen molar-refractivity contribution in [2.24, 2.45) is 0 Å². The van der Waals surface area contributed by atoms with Crippen molar-refractivity contribution in [2.75, 3.05) is 0 Å². The van der Waals surface area contributed by atoms with Gasteiger partial charge in [-0.05, 0) is 42.0 Å². The van der Waals surface area contributed by atoms with Crippen molar-refractivity contribution in [3.63, 3.8) is 0 Å². The summed E-state index contributed by atoms with van der Waals surface area (Å²) in [5, 5.41) is 11.6. The Balaban J connectivity index is 2.11. The lowest BCUT2D eigenvalue weighted by molar-refractivity contribution is -0.139. The summed E-state index contributed by atoms with van der Waals surface area (Å²) in [4.78, 5) is 23.5. The third kappa shape index (κ3) is 5.32. The fraction of sp³-hybridized carbons (Fsp3) is 0.176. The second-order valence-electron chi connectivity index (χ2n) is 5.27. The average molecular weight is 416 g/mol. The van der Waals surface area contributed by atoms with Gasteiger partial charge in [0.1, 0.15) is 6.04 Å². The summed E-state index contributed by atoms with van der Waals surface area (Å²) < 4.78 is 38.4. The number of alkyl halides is 3. The Kier molecular flexibility index (Phi) is 5.84. The van der Waals surface area contributed by atoms with Crippen LogP contribution in [0.25, 0.3) is 0 Å². The molecule has 0 radical (unpaired) electrons. The second-order valence-corrected chi connectivity index (χ2v) is 6.19. The van der Waals surface area contributed by atoms with Crippen LogP contribution in [0.15, 0.2) is 53.0 Å². The number of aliphatic carboxylic acids is 1. The van der Waals surface area contributed by atoms with Gasteiger partial charge in [-0.2, -0.15) is 13.2 Å². The molecule has 2 rings (SSSR count). The fourth-order valence-electron chi connectivity index (χ4n) is 2.15. The average Bonchev–Trinajstić information content (AvgIpc) is 2.53. The van der Waals surface area contributed by atoms with E-state index in [2.05, 4.69) is 21.2 Å². The smallest absolute Gasteiger partial charge is 0.416 e. The lowest BCUT2D eigenvalue weighted by atomic mass is 10.1. The number of benzene rings is 2. The van der Waals surface area contributed by atoms with Crippen LogP contribution in [-0.2, 0) is 17.4 Å². The Hall–Kier alpha value is -2.35. The van der Waals surface area contributed by atoms with Crippen LogP contribution in [0.5, 0.6) is 0 Å². The van der Waals surface area contributed by atoms with Crippen molar-refractivity contribution in [1.29, 1.82) is 0 Å². The zero-order valence-corrected chi connectivity index (χ0v) is 14.3. The second kappa shape index (κ2) is 7.69. The first-order valence-electron chi connectivity index (χ1n) is 7.12. The van der Waals surface area contributed by atoms with E-state index in [1.54, 1.807) is 24.3 Å². The lowest BCUT2D eigenvalue weighted by Gasteiger charge is -2.15. The van der Waals surface area contributed by atoms with Crippen LogP contribution in [0, 0.1) is 0 Å². The van der Waals surface area contributed by atoms with Crippen LogP contribution in [-0.4, -0.2) is 23.0 Å². The molecule has 0 fully saturated rings. The maximum absolute atomic E-state index is 12.5. The molecular formula is C17H13BrF3NO3. The third-order valence-electron chi connectivity index (χ3n) is 3.41. The van der Waals surface area contributed by atoms with Gasteiger partial charge in [-0.1, -0.05) is 28.1 Å². The van der Waals surface area contributed by atoms with Gasteiger partial charge in [0.2, 0.25) is 0 Å². The van der Waals surface area contributed by atoms with Crippen molar-refractivity contribution < 1.29 is 27.9 Å². The van der Waals surface area contributed by atoms with Crippen molar-refractivity contribution in [1.82, 2.24) is 5.32 Å². The molecule has 1 atom stereocenters. The van der Waals surface area contributed by atoms with Crippen molar-refractivity contribution in [3.8, 4) is 0 Å². The highest BCUT2D eigenvalue weighted by molar-refractivity contribution is 9.10. The molecule has 0 heterocycles. The van der Waals surface area contributed by atoms with Crippen LogP contribution in [0.4, 0.5) is 13.2 Å². The standard InChI is InChI=1S/C17H13BrF3NO3/c18-13-3-1-2-10(8-13)9-14(16(24)25)22-15(23)11-4-6-12(7-5-11)17(19,20)21/h1-8,14H,9H2,(H,22,23)(H,24,25)/t14-/m0/s1. The molecule has 4 nitrogen and oxygen atoms in total. The van der Waals surface area contributed by atoms with Gasteiger partial charge >= 0.3 is 12.1 Å². The topological polar surface area (TPSA) is 66.4 Å². The molecular weight excluding hydrogens is 403 g/mol. The van der Waals surface area contributed by atoms with Crippen molar-refractivity contribution >= 4 is 27.8 Å². The minimum Gasteiger partial charge on any atom is -0.480 e. The highest BCUT2D eigenvalue weighted by atomic mass is 79.9. The zero-order chi connectivity index (χ0) is 18.6. The summed E-state index contributed by atoms with van der Waals surface area (Å²) in [5.41, 5.74) is -0.240. The molecule has 0 aliphatic carbocycles. The number of nitrogens with one attached hydrogen (secondary N) is 1. The van der Waals surface area contributed by atoms with Gasteiger partial charge < -0.3 is 10.4 Å². The molecule has 0 saturated carbocycles. The SMILES string of the molecule is O=C(N[C@@H](Cc1cccc(Br)c1)C(=O)O)c1ccc(C(F)(F)F)cc1. The van der Waals surface area contributed by atoms with E-state index < -0.39 is 29.7 Å². The Labute approximate surface area is 149 Å². The highest BCUT2D eigenvalue weighted by Gasteiger charge is 2.30. The van der Waals surface area contributed by atoms with Gasteiger partial charge in [0.15, 0.2) is 0 Å². The Morgan fingerprint density at radius 1 is 1.12 bits per heavy atom. The van der Waals surface area contributed by atoms with E-state index in [0.29, 0.717) is 5.56 Å². The van der Waals surface area contributed by atoms with Crippen molar-refractivity contribution in [3.05, 3.63) is 69.7 Å². The van der Waals surface area contributed by atoms with Gasteiger partial charge in [0.25, 0.3) is 5.91 Å². The first-order chi connectivity index (χ1) is 11.7. The molecule has 2 aromatic rings. The molecule has 0 unspecified atom stereocenters. The molecule has 8 heteroatoms. The van der Waals surface area contributed by atoms with E-state index in [-0.39, 0.29) is 12.0 Å². The van der Waals surface area contributed by atoms with Gasteiger partial charge in [-0.15, -0.1) is 0 Å². The number of hydrogen-bond donors (Lipinski definition) is 2. The third-order valence-corrected chi connectivity index (χ3v) is 3.90. The summed E-state index contributed by atoms with van der Waals surface area (Å²) in [7, 11) is 0. The molecule has 0 aliphatic heterocycles. The minimum atomic E-state index is -4.50. The summed E-state index contributed by atoms with van der Waals surface area (Å²) in [6, 6.07) is 9.31. The largest absolute Gasteiger partial charge is 0.480 e. The highest BCUT2D eigenvalue weighted by Crippen LogP contribution is 2.29. The van der Waals surface area contributed by atoms with E-state index in [0.717, 1.165) is 28.7 Å². The molecule has 0 spiro atoms. The number of carboxylic acids is 1. The molecule has 0 aliphatic rings. The summed E-state index contributed by atoms with van der Waals surface area (Å²) in [6.45, 7) is 0. The van der Waals surface area contributed by atoms with Crippen LogP contribution in [0.2, 0.25) is 0 Å². The number of carboxylic acid groups (broad SMARTS) is 1. The zero-order valence-electron chi connectivity index (χ0n) is 12.7. The van der Waals surface area contributed by atoms with Gasteiger partial charge in [-0.25, -0.2) is 4.79 Å². The van der Waals surface area contributed by atoms with E-state index in [1.807, 2.05) is 0 Å². The Bertz CT molecular complexity index is 775. The predicted octanol–water partition coefficient (Wildman–Crippen LogP) is 3.89. The normalized spacial score (nSPS) is 12.5. The number of hydrogen-bond acceptors (Lipinski definition) is 2. The van der Waals surface area contributed by atoms with Gasteiger partial charge in [-0.3, -0.25) is 4.79 Å². The quantitative estimate of drug-likeness (QED) is 0.778. The van der Waals surface area contributed by atoms with Crippen LogP contribution in [0.1, 0.15) is 21.5 Å². The molecule has 1 amide bonds. The molecule has 2 N–H and O–H groups in total. The monoisotopic (exact) mass is 415 g/mol. The maximum atomic E-state index is 12.5. The summed E-state index contributed by atoms with van der Waals surface area (Å²) in [5.74, 6) is -1.99. The lowest BCUT2D eigenvalue weighted by Crippen LogP contribution is -2.42. The Morgan fingerprint density at radius 3 is 2.28 bits per heavy atom. The van der Waals surface area contributed by atoms with E-state index in [1.165, 1.54) is 0 Å². The van der Waals surface area contributed by atoms with E-state index >= 15 is 0 Å². The first kappa shape index (κ1) is 19.0. The van der Waals surface area contributed by atoms with Crippen LogP contribution < -0.4 is 5.32 Å². The number of carbonyl (C=O) groups is 2. The Morgan fingerprint density at radius 2 is 1.76 bits per heavy atom. The number of amides is 1. The van der Waals surface area contributed by atoms with E-state index in [9.17, 15) is 27.9 Å². The molecule has 2 aromatic carbocycles. The summed E-state index contributed by atoms with van der Waals surface area (Å²) in [6.07, 6.45) is -4.46. The van der Waals surface area contributed by atoms with Crippen molar-refractivity contribution in [2.45, 2.75) is 18.6 Å². The molecule has 0 bridgehead atoms. The van der Waals surface area contributed by atoms with Gasteiger partial charge in [0.05, 0.1) is 5.56 Å². The molecule has 0 saturated heterocycles. The molecule has 25 heavy (non-hydrogen) atoms. The predicted molar refractivity (Wildman–Crippen MR) is 88.2 cm³/mol. The molecule has 132 valence electrons. The van der Waals surface area contributed by atoms with E-state index in [4.69, 9.17) is 0 Å². The minimum absolute atomic E-state index is 0.0428.